The second-order valence-corrected chi connectivity index (χ2v) is 6.90. The Kier molecular flexibility index (Phi) is 4.11. The van der Waals surface area contributed by atoms with Crippen molar-refractivity contribution in [2.24, 2.45) is 5.92 Å². The molecule has 1 N–H and O–H groups in total. The number of hydrogen-bond donors (Lipinski definition) is 1. The molecule has 0 fully saturated rings. The van der Waals surface area contributed by atoms with Crippen LogP contribution in [0.5, 0.6) is 0 Å². The topological polar surface area (TPSA) is 12.0 Å². The lowest BCUT2D eigenvalue weighted by Crippen LogP contribution is -2.39. The van der Waals surface area contributed by atoms with Crippen molar-refractivity contribution in [2.45, 2.75) is 58.9 Å². The van der Waals surface area contributed by atoms with Gasteiger partial charge >= 0.3 is 0 Å². The molecule has 1 aromatic rings. The van der Waals surface area contributed by atoms with Gasteiger partial charge in [-0.2, -0.15) is 0 Å². The van der Waals surface area contributed by atoms with Crippen molar-refractivity contribution in [1.29, 1.82) is 0 Å². The van der Waals surface area contributed by atoms with Crippen LogP contribution in [0.15, 0.2) is 18.2 Å². The molecule has 0 radical (unpaired) electrons. The summed E-state index contributed by atoms with van der Waals surface area (Å²) in [5.74, 6) is 0.698. The summed E-state index contributed by atoms with van der Waals surface area (Å²) in [5.41, 5.74) is 4.92. The molecule has 0 aromatic heterocycles. The maximum Gasteiger partial charge on any atom is 0.00966 e. The molecule has 1 aliphatic carbocycles. The molecule has 1 nitrogen and oxygen atoms in total. The third-order valence-electron chi connectivity index (χ3n) is 3.73. The number of hydrogen-bond acceptors (Lipinski definition) is 1. The van der Waals surface area contributed by atoms with E-state index < -0.39 is 0 Å². The third kappa shape index (κ3) is 3.84. The summed E-state index contributed by atoms with van der Waals surface area (Å²) in [4.78, 5) is 0. The van der Waals surface area contributed by atoms with E-state index in [0.717, 1.165) is 6.54 Å². The Hall–Kier alpha value is -0.820. The maximum atomic E-state index is 3.59. The number of benzene rings is 1. The van der Waals surface area contributed by atoms with Gasteiger partial charge in [0.1, 0.15) is 0 Å². The van der Waals surface area contributed by atoms with Crippen LogP contribution in [0.2, 0.25) is 0 Å². The second-order valence-electron chi connectivity index (χ2n) is 6.90. The van der Waals surface area contributed by atoms with Crippen molar-refractivity contribution < 1.29 is 0 Å². The highest BCUT2D eigenvalue weighted by molar-refractivity contribution is 5.35. The largest absolute Gasteiger partial charge is 0.312 e. The van der Waals surface area contributed by atoms with Gasteiger partial charge in [0.15, 0.2) is 0 Å². The summed E-state index contributed by atoms with van der Waals surface area (Å²) >= 11 is 0. The van der Waals surface area contributed by atoms with Gasteiger partial charge in [0.2, 0.25) is 0 Å². The van der Waals surface area contributed by atoms with Crippen molar-refractivity contribution in [1.82, 2.24) is 5.32 Å². The molecule has 1 heteroatoms. The molecule has 0 amide bonds. The highest BCUT2D eigenvalue weighted by Crippen LogP contribution is 2.23. The summed E-state index contributed by atoms with van der Waals surface area (Å²) in [6.45, 7) is 10.1. The minimum Gasteiger partial charge on any atom is -0.312 e. The summed E-state index contributed by atoms with van der Waals surface area (Å²) in [6, 6.07) is 7.12. The first-order chi connectivity index (χ1) is 8.44. The van der Waals surface area contributed by atoms with Crippen LogP contribution in [-0.4, -0.2) is 12.1 Å². The Morgan fingerprint density at radius 1 is 1.17 bits per heavy atom. The fourth-order valence-corrected chi connectivity index (χ4v) is 2.71. The Labute approximate surface area is 112 Å². The number of fused-ring (bicyclic) bond motifs is 1. The van der Waals surface area contributed by atoms with Crippen molar-refractivity contribution in [3.8, 4) is 0 Å². The number of nitrogens with one attached hydrogen (secondary N) is 1. The lowest BCUT2D eigenvalue weighted by Gasteiger charge is -2.23. The van der Waals surface area contributed by atoms with E-state index in [0.29, 0.717) is 5.92 Å². The predicted molar refractivity (Wildman–Crippen MR) is 79.1 cm³/mol. The van der Waals surface area contributed by atoms with Gasteiger partial charge in [-0.3, -0.25) is 0 Å². The Morgan fingerprint density at radius 3 is 2.61 bits per heavy atom. The Bertz CT molecular complexity index is 401. The van der Waals surface area contributed by atoms with Gasteiger partial charge in [0.05, 0.1) is 0 Å². The highest BCUT2D eigenvalue weighted by atomic mass is 14.9. The van der Waals surface area contributed by atoms with Crippen molar-refractivity contribution in [3.63, 3.8) is 0 Å². The van der Waals surface area contributed by atoms with E-state index >= 15 is 0 Å². The van der Waals surface area contributed by atoms with Crippen LogP contribution in [0.25, 0.3) is 0 Å². The molecule has 1 aliphatic rings. The normalized spacial score (nSPS) is 16.7. The zero-order valence-electron chi connectivity index (χ0n) is 12.3. The molecule has 0 aliphatic heterocycles. The molecule has 18 heavy (non-hydrogen) atoms. The van der Waals surface area contributed by atoms with Crippen LogP contribution in [-0.2, 0) is 19.3 Å². The zero-order chi connectivity index (χ0) is 13.2. The van der Waals surface area contributed by atoms with Crippen LogP contribution in [0, 0.1) is 5.92 Å². The van der Waals surface area contributed by atoms with E-state index in [-0.39, 0.29) is 5.54 Å². The highest BCUT2D eigenvalue weighted by Gasteiger charge is 2.14. The first-order valence-corrected chi connectivity index (χ1v) is 7.30. The monoisotopic (exact) mass is 245 g/mol. The van der Waals surface area contributed by atoms with Gasteiger partial charge < -0.3 is 5.32 Å². The molecular weight excluding hydrogens is 218 g/mol. The smallest absolute Gasteiger partial charge is 0.00966 e. The molecule has 1 unspecified atom stereocenters. The molecule has 1 aromatic carbocycles. The van der Waals surface area contributed by atoms with Gasteiger partial charge in [-0.25, -0.2) is 0 Å². The lowest BCUT2D eigenvalue weighted by atomic mass is 9.97. The Morgan fingerprint density at radius 2 is 1.89 bits per heavy atom. The fourth-order valence-electron chi connectivity index (χ4n) is 2.71. The van der Waals surface area contributed by atoms with Gasteiger partial charge in [-0.05, 0) is 75.6 Å². The van der Waals surface area contributed by atoms with Gasteiger partial charge in [-0.15, -0.1) is 0 Å². The Balaban J connectivity index is 1.89. The summed E-state index contributed by atoms with van der Waals surface area (Å²) < 4.78 is 0. The van der Waals surface area contributed by atoms with Crippen molar-refractivity contribution in [3.05, 3.63) is 34.9 Å². The van der Waals surface area contributed by atoms with E-state index in [1.807, 2.05) is 0 Å². The zero-order valence-corrected chi connectivity index (χ0v) is 12.3. The third-order valence-corrected chi connectivity index (χ3v) is 3.73. The molecule has 2 rings (SSSR count). The quantitative estimate of drug-likeness (QED) is 0.852. The molecule has 0 saturated carbocycles. The number of aryl methyl sites for hydroxylation is 2. The second kappa shape index (κ2) is 5.44. The molecule has 100 valence electrons. The average Bonchev–Trinajstić information content (AvgIpc) is 2.72. The fraction of sp³-hybridized carbons (Fsp3) is 0.647. The molecular formula is C17H27N. The van der Waals surface area contributed by atoms with Crippen molar-refractivity contribution >= 4 is 0 Å². The summed E-state index contributed by atoms with van der Waals surface area (Å²) in [7, 11) is 0. The molecule has 0 bridgehead atoms. The standard InChI is InChI=1S/C17H27N/c1-13(12-18-17(2,3)4)10-14-8-9-15-6-5-7-16(15)11-14/h8-9,11,13,18H,5-7,10,12H2,1-4H3. The summed E-state index contributed by atoms with van der Waals surface area (Å²) in [6.07, 6.45) is 5.12. The van der Waals surface area contributed by atoms with Crippen LogP contribution in [0.1, 0.15) is 50.8 Å². The van der Waals surface area contributed by atoms with E-state index in [4.69, 9.17) is 0 Å². The van der Waals surface area contributed by atoms with Crippen LogP contribution in [0.3, 0.4) is 0 Å². The van der Waals surface area contributed by atoms with Gasteiger partial charge in [-0.1, -0.05) is 25.1 Å². The van der Waals surface area contributed by atoms with Crippen LogP contribution < -0.4 is 5.32 Å². The lowest BCUT2D eigenvalue weighted by molar-refractivity contribution is 0.381. The average molecular weight is 245 g/mol. The van der Waals surface area contributed by atoms with Crippen molar-refractivity contribution in [2.75, 3.05) is 6.54 Å². The first-order valence-electron chi connectivity index (χ1n) is 7.30. The van der Waals surface area contributed by atoms with Gasteiger partial charge in [0.25, 0.3) is 0 Å². The van der Waals surface area contributed by atoms with E-state index in [9.17, 15) is 0 Å². The molecule has 1 atom stereocenters. The summed E-state index contributed by atoms with van der Waals surface area (Å²) in [5, 5.41) is 3.59. The maximum absolute atomic E-state index is 3.59. The van der Waals surface area contributed by atoms with Crippen LogP contribution in [0.4, 0.5) is 0 Å². The van der Waals surface area contributed by atoms with E-state index in [1.165, 1.54) is 31.2 Å². The van der Waals surface area contributed by atoms with E-state index in [1.54, 1.807) is 11.1 Å². The molecule has 0 saturated heterocycles. The number of rotatable bonds is 4. The first kappa shape index (κ1) is 13.6. The minimum atomic E-state index is 0.228. The predicted octanol–water partition coefficient (Wildman–Crippen LogP) is 3.74. The minimum absolute atomic E-state index is 0.228. The molecule has 0 heterocycles. The molecule has 0 spiro atoms. The SMILES string of the molecule is CC(CNC(C)(C)C)Cc1ccc2c(c1)CCC2. The van der Waals surface area contributed by atoms with Gasteiger partial charge in [0, 0.05) is 5.54 Å². The van der Waals surface area contributed by atoms with Crippen LogP contribution >= 0.6 is 0 Å². The van der Waals surface area contributed by atoms with E-state index in [2.05, 4.69) is 51.2 Å².